The summed E-state index contributed by atoms with van der Waals surface area (Å²) in [6.45, 7) is 16.1. The number of ether oxygens (including phenoxy) is 1. The zero-order valence-electron chi connectivity index (χ0n) is 21.6. The van der Waals surface area contributed by atoms with Gasteiger partial charge in [0.1, 0.15) is 6.10 Å². The molecule has 4 rings (SSSR count). The molecular weight excluding hydrogens is 392 g/mol. The molecule has 0 aromatic carbocycles. The fraction of sp³-hybridized carbons (Fsp3) is 0.767. The number of hydrogen-bond acceptors (Lipinski definition) is 2. The highest BCUT2D eigenvalue weighted by Crippen LogP contribution is 2.66. The molecule has 0 aromatic rings. The molecule has 0 heterocycles. The third-order valence-electron chi connectivity index (χ3n) is 10.3. The van der Waals surface area contributed by atoms with E-state index in [0.717, 1.165) is 31.1 Å². The smallest absolute Gasteiger partial charge is 0.302 e. The number of allylic oxidation sites excluding steroid dienone is 5. The van der Waals surface area contributed by atoms with Gasteiger partial charge in [-0.15, -0.1) is 0 Å². The van der Waals surface area contributed by atoms with Crippen LogP contribution in [-0.4, -0.2) is 12.1 Å². The third-order valence-corrected chi connectivity index (χ3v) is 10.3. The molecule has 0 spiro atoms. The van der Waals surface area contributed by atoms with E-state index in [9.17, 15) is 4.79 Å². The molecule has 0 bridgehead atoms. The zero-order chi connectivity index (χ0) is 23.3. The summed E-state index contributed by atoms with van der Waals surface area (Å²) in [5.74, 6) is 4.11. The Kier molecular flexibility index (Phi) is 6.56. The van der Waals surface area contributed by atoms with Gasteiger partial charge < -0.3 is 4.74 Å². The van der Waals surface area contributed by atoms with Crippen LogP contribution in [0.5, 0.6) is 0 Å². The average molecular weight is 439 g/mol. The molecular formula is C30H46O2. The van der Waals surface area contributed by atoms with Crippen molar-refractivity contribution in [3.63, 3.8) is 0 Å². The molecule has 2 unspecified atom stereocenters. The average Bonchev–Trinajstić information content (AvgIpc) is 3.08. The fourth-order valence-corrected chi connectivity index (χ4v) is 7.92. The number of esters is 1. The molecule has 0 radical (unpaired) electrons. The van der Waals surface area contributed by atoms with Crippen LogP contribution >= 0.6 is 0 Å². The van der Waals surface area contributed by atoms with E-state index in [1.807, 2.05) is 0 Å². The first-order valence-electron chi connectivity index (χ1n) is 13.3. The molecule has 0 aromatic heterocycles. The second kappa shape index (κ2) is 8.80. The number of hydrogen-bond donors (Lipinski definition) is 0. The van der Waals surface area contributed by atoms with Crippen LogP contribution < -0.4 is 0 Å². The highest BCUT2D eigenvalue weighted by Gasteiger charge is 2.56. The molecule has 3 saturated carbocycles. The summed E-state index contributed by atoms with van der Waals surface area (Å²) >= 11 is 0. The minimum Gasteiger partial charge on any atom is -0.462 e. The van der Waals surface area contributed by atoms with Gasteiger partial charge >= 0.3 is 5.97 Å². The molecule has 0 aliphatic heterocycles. The van der Waals surface area contributed by atoms with Crippen LogP contribution in [0.3, 0.4) is 0 Å². The van der Waals surface area contributed by atoms with Gasteiger partial charge in [0, 0.05) is 13.3 Å². The van der Waals surface area contributed by atoms with Crippen LogP contribution in [0.25, 0.3) is 0 Å². The fourth-order valence-electron chi connectivity index (χ4n) is 7.92. The second-order valence-electron chi connectivity index (χ2n) is 12.4. The SMILES string of the molecule is CC(=O)O[C@H]1CC[C@@]2(C)C(=CC=C3C2CC[C@@]2(C)C3CC[C@@H]2[C@H](C)C=C[C@H](C)C(C)C)C1. The van der Waals surface area contributed by atoms with E-state index in [0.29, 0.717) is 29.1 Å². The Morgan fingerprint density at radius 3 is 2.44 bits per heavy atom. The number of rotatable bonds is 5. The first-order chi connectivity index (χ1) is 15.1. The Balaban J connectivity index is 1.54. The Hall–Kier alpha value is -1.31. The molecule has 0 N–H and O–H groups in total. The van der Waals surface area contributed by atoms with Crippen LogP contribution in [0, 0.1) is 46.3 Å². The van der Waals surface area contributed by atoms with Crippen molar-refractivity contribution in [2.45, 2.75) is 99.5 Å². The minimum atomic E-state index is -0.136. The van der Waals surface area contributed by atoms with Gasteiger partial charge in [-0.25, -0.2) is 0 Å². The monoisotopic (exact) mass is 438 g/mol. The van der Waals surface area contributed by atoms with Crippen molar-refractivity contribution in [2.24, 2.45) is 46.3 Å². The zero-order valence-corrected chi connectivity index (χ0v) is 21.6. The Labute approximate surface area is 197 Å². The lowest BCUT2D eigenvalue weighted by Crippen LogP contribution is -2.46. The van der Waals surface area contributed by atoms with Gasteiger partial charge in [-0.1, -0.05) is 77.0 Å². The standard InChI is InChI=1S/C30H46O2/c1-19(2)20(3)8-9-21(4)26-12-13-27-25-11-10-23-18-24(32-22(5)31)14-16-29(23,6)28(25)15-17-30(26,27)7/h8-11,19-21,24,26-28H,12-18H2,1-7H3/t20-,21+,24-,26+,27?,28?,29-,30+/m0/s1. The van der Waals surface area contributed by atoms with Crippen molar-refractivity contribution in [1.29, 1.82) is 0 Å². The van der Waals surface area contributed by atoms with Gasteiger partial charge in [-0.2, -0.15) is 0 Å². The van der Waals surface area contributed by atoms with E-state index >= 15 is 0 Å². The highest BCUT2D eigenvalue weighted by molar-refractivity contribution is 5.66. The molecule has 2 heteroatoms. The van der Waals surface area contributed by atoms with Crippen molar-refractivity contribution >= 4 is 5.97 Å². The quantitative estimate of drug-likeness (QED) is 0.322. The summed E-state index contributed by atoms with van der Waals surface area (Å²) in [7, 11) is 0. The normalized spacial score (nSPS) is 40.8. The first kappa shape index (κ1) is 23.8. The molecule has 2 nitrogen and oxygen atoms in total. The largest absolute Gasteiger partial charge is 0.462 e. The number of carbonyl (C=O) groups excluding carboxylic acids is 1. The topological polar surface area (TPSA) is 26.3 Å². The van der Waals surface area contributed by atoms with E-state index in [2.05, 4.69) is 65.8 Å². The lowest BCUT2D eigenvalue weighted by molar-refractivity contribution is -0.148. The molecule has 0 saturated heterocycles. The van der Waals surface area contributed by atoms with Crippen molar-refractivity contribution in [2.75, 3.05) is 0 Å². The Bertz CT molecular complexity index is 817. The van der Waals surface area contributed by atoms with Gasteiger partial charge in [-0.3, -0.25) is 4.79 Å². The van der Waals surface area contributed by atoms with Crippen LogP contribution in [0.4, 0.5) is 0 Å². The first-order valence-corrected chi connectivity index (χ1v) is 13.3. The van der Waals surface area contributed by atoms with Gasteiger partial charge in [0.15, 0.2) is 0 Å². The molecule has 32 heavy (non-hydrogen) atoms. The third kappa shape index (κ3) is 4.05. The summed E-state index contributed by atoms with van der Waals surface area (Å²) in [6, 6.07) is 0. The predicted octanol–water partition coefficient (Wildman–Crippen LogP) is 7.90. The van der Waals surface area contributed by atoms with Gasteiger partial charge in [0.25, 0.3) is 0 Å². The lowest BCUT2D eigenvalue weighted by Gasteiger charge is -2.55. The molecule has 3 fully saturated rings. The van der Waals surface area contributed by atoms with Crippen LogP contribution in [-0.2, 0) is 9.53 Å². The van der Waals surface area contributed by atoms with E-state index < -0.39 is 0 Å². The van der Waals surface area contributed by atoms with E-state index in [4.69, 9.17) is 4.74 Å². The Morgan fingerprint density at radius 2 is 1.75 bits per heavy atom. The van der Waals surface area contributed by atoms with Crippen LogP contribution in [0.15, 0.2) is 35.5 Å². The summed E-state index contributed by atoms with van der Waals surface area (Å²) in [4.78, 5) is 11.5. The summed E-state index contributed by atoms with van der Waals surface area (Å²) < 4.78 is 5.59. The molecule has 0 amide bonds. The minimum absolute atomic E-state index is 0.0763. The number of carbonyl (C=O) groups is 1. The Morgan fingerprint density at radius 1 is 1.00 bits per heavy atom. The summed E-state index contributed by atoms with van der Waals surface area (Å²) in [5.41, 5.74) is 3.98. The predicted molar refractivity (Wildman–Crippen MR) is 133 cm³/mol. The van der Waals surface area contributed by atoms with Crippen LogP contribution in [0.2, 0.25) is 0 Å². The van der Waals surface area contributed by atoms with E-state index in [-0.39, 0.29) is 17.5 Å². The maximum absolute atomic E-state index is 11.5. The summed E-state index contributed by atoms with van der Waals surface area (Å²) in [6.07, 6.45) is 18.5. The van der Waals surface area contributed by atoms with Crippen LogP contribution in [0.1, 0.15) is 93.4 Å². The number of fused-ring (bicyclic) bond motifs is 5. The second-order valence-corrected chi connectivity index (χ2v) is 12.4. The van der Waals surface area contributed by atoms with Crippen molar-refractivity contribution in [3.05, 3.63) is 35.5 Å². The maximum Gasteiger partial charge on any atom is 0.302 e. The van der Waals surface area contributed by atoms with Crippen molar-refractivity contribution < 1.29 is 9.53 Å². The van der Waals surface area contributed by atoms with Gasteiger partial charge in [0.05, 0.1) is 0 Å². The molecule has 178 valence electrons. The van der Waals surface area contributed by atoms with E-state index in [1.165, 1.54) is 31.3 Å². The van der Waals surface area contributed by atoms with Crippen molar-refractivity contribution in [1.82, 2.24) is 0 Å². The summed E-state index contributed by atoms with van der Waals surface area (Å²) in [5, 5.41) is 0. The molecule has 4 aliphatic carbocycles. The van der Waals surface area contributed by atoms with Gasteiger partial charge in [0.2, 0.25) is 0 Å². The highest BCUT2D eigenvalue weighted by atomic mass is 16.5. The molecule has 4 aliphatic rings. The van der Waals surface area contributed by atoms with Gasteiger partial charge in [-0.05, 0) is 84.9 Å². The maximum atomic E-state index is 11.5. The lowest BCUT2D eigenvalue weighted by atomic mass is 9.50. The molecule has 8 atom stereocenters. The van der Waals surface area contributed by atoms with E-state index in [1.54, 1.807) is 12.5 Å². The van der Waals surface area contributed by atoms with Crippen molar-refractivity contribution in [3.8, 4) is 0 Å².